The van der Waals surface area contributed by atoms with Crippen LogP contribution in [0.25, 0.3) is 10.2 Å². The van der Waals surface area contributed by atoms with Crippen molar-refractivity contribution in [3.05, 3.63) is 51.7 Å². The number of carbonyl (C=O) groups excluding carboxylic acids is 1. The van der Waals surface area contributed by atoms with Crippen LogP contribution in [-0.4, -0.2) is 20.4 Å². The van der Waals surface area contributed by atoms with Crippen molar-refractivity contribution in [3.63, 3.8) is 0 Å². The molecule has 7 heteroatoms. The molecule has 3 rings (SSSR count). The Bertz CT molecular complexity index is 990. The van der Waals surface area contributed by atoms with Gasteiger partial charge in [-0.05, 0) is 51.5 Å². The van der Waals surface area contributed by atoms with E-state index < -0.39 is 11.7 Å². The number of hydrogen-bond acceptors (Lipinski definition) is 5. The fourth-order valence-corrected chi connectivity index (χ4v) is 3.61. The van der Waals surface area contributed by atoms with Crippen molar-refractivity contribution in [2.45, 2.75) is 33.7 Å². The smallest absolute Gasteiger partial charge is 0.300 e. The Hall–Kier alpha value is -2.54. The van der Waals surface area contributed by atoms with E-state index in [1.807, 2.05) is 25.1 Å². The highest BCUT2D eigenvalue weighted by Crippen LogP contribution is 2.27. The minimum Gasteiger partial charge on any atom is -0.300 e. The minimum atomic E-state index is -0.667. The highest BCUT2D eigenvalue weighted by molar-refractivity contribution is 7.22. The van der Waals surface area contributed by atoms with Crippen LogP contribution in [0.1, 0.15) is 29.9 Å². The van der Waals surface area contributed by atoms with E-state index in [4.69, 9.17) is 0 Å². The van der Waals surface area contributed by atoms with Crippen LogP contribution >= 0.6 is 11.3 Å². The molecule has 1 unspecified atom stereocenters. The van der Waals surface area contributed by atoms with Crippen LogP contribution in [-0.2, 0) is 4.79 Å². The molecule has 0 radical (unpaired) electrons. The lowest BCUT2D eigenvalue weighted by atomic mass is 10.2. The number of aromatic nitrogens is 3. The molecular weight excluding hydrogens is 324 g/mol. The van der Waals surface area contributed by atoms with Gasteiger partial charge in [0.25, 0.3) is 0 Å². The first-order valence-electron chi connectivity index (χ1n) is 7.60. The summed E-state index contributed by atoms with van der Waals surface area (Å²) in [6.07, 6.45) is 0. The normalized spacial score (nSPS) is 12.3. The molecule has 2 heterocycles. The minimum absolute atomic E-state index is 0.290. The van der Waals surface area contributed by atoms with Gasteiger partial charge in [-0.15, -0.1) is 0 Å². The van der Waals surface area contributed by atoms with Crippen LogP contribution < -0.4 is 11.0 Å². The van der Waals surface area contributed by atoms with Gasteiger partial charge in [-0.2, -0.15) is 4.98 Å². The maximum atomic E-state index is 12.5. The van der Waals surface area contributed by atoms with Crippen molar-refractivity contribution in [2.24, 2.45) is 0 Å². The molecule has 0 bridgehead atoms. The molecule has 1 aromatic carbocycles. The summed E-state index contributed by atoms with van der Waals surface area (Å²) in [6, 6.07) is 7.06. The Morgan fingerprint density at radius 2 is 1.96 bits per heavy atom. The number of rotatable bonds is 3. The van der Waals surface area contributed by atoms with E-state index in [1.54, 1.807) is 26.8 Å². The standard InChI is InChI=1S/C17H18N4O2S/c1-9-5-6-13-14(7-9)24-16(19-13)20-15(22)12(4)21-11(3)8-10(2)18-17(21)23/h5-8,12H,1-4H3,(H,19,20,22). The molecule has 6 nitrogen and oxygen atoms in total. The van der Waals surface area contributed by atoms with Crippen molar-refractivity contribution >= 4 is 32.6 Å². The van der Waals surface area contributed by atoms with E-state index in [0.29, 0.717) is 16.5 Å². The first-order chi connectivity index (χ1) is 11.3. The number of nitrogens with one attached hydrogen (secondary N) is 1. The summed E-state index contributed by atoms with van der Waals surface area (Å²) in [6.45, 7) is 7.24. The number of hydrogen-bond donors (Lipinski definition) is 1. The molecule has 2 aromatic heterocycles. The molecule has 0 aliphatic carbocycles. The Morgan fingerprint density at radius 3 is 2.67 bits per heavy atom. The maximum absolute atomic E-state index is 12.5. The molecular formula is C17H18N4O2S. The van der Waals surface area contributed by atoms with E-state index >= 15 is 0 Å². The molecule has 1 N–H and O–H groups in total. The van der Waals surface area contributed by atoms with Crippen LogP contribution in [0.4, 0.5) is 5.13 Å². The van der Waals surface area contributed by atoms with Gasteiger partial charge < -0.3 is 5.32 Å². The van der Waals surface area contributed by atoms with Crippen LogP contribution in [0, 0.1) is 20.8 Å². The van der Waals surface area contributed by atoms with Crippen LogP contribution in [0.3, 0.4) is 0 Å². The topological polar surface area (TPSA) is 76.9 Å². The number of amides is 1. The zero-order chi connectivity index (χ0) is 17.4. The molecule has 0 spiro atoms. The van der Waals surface area contributed by atoms with Crippen molar-refractivity contribution < 1.29 is 4.79 Å². The van der Waals surface area contributed by atoms with Gasteiger partial charge in [0, 0.05) is 11.4 Å². The average Bonchev–Trinajstić information content (AvgIpc) is 2.87. The number of fused-ring (bicyclic) bond motifs is 1. The van der Waals surface area contributed by atoms with Crippen molar-refractivity contribution in [3.8, 4) is 0 Å². The van der Waals surface area contributed by atoms with Gasteiger partial charge >= 0.3 is 5.69 Å². The Labute approximate surface area is 143 Å². The third-order valence-electron chi connectivity index (χ3n) is 3.82. The number of thiazole rings is 1. The quantitative estimate of drug-likeness (QED) is 0.794. The number of benzene rings is 1. The van der Waals surface area contributed by atoms with Gasteiger partial charge in [0.05, 0.1) is 10.2 Å². The lowest BCUT2D eigenvalue weighted by Crippen LogP contribution is -2.34. The summed E-state index contributed by atoms with van der Waals surface area (Å²) >= 11 is 1.42. The van der Waals surface area contributed by atoms with E-state index in [2.05, 4.69) is 15.3 Å². The molecule has 0 saturated carbocycles. The largest absolute Gasteiger partial charge is 0.348 e. The van der Waals surface area contributed by atoms with Crippen molar-refractivity contribution in [1.82, 2.24) is 14.5 Å². The molecule has 0 aliphatic heterocycles. The van der Waals surface area contributed by atoms with Gasteiger partial charge in [-0.1, -0.05) is 17.4 Å². The lowest BCUT2D eigenvalue weighted by molar-refractivity contribution is -0.118. The third kappa shape index (κ3) is 3.07. The van der Waals surface area contributed by atoms with E-state index in [1.165, 1.54) is 15.9 Å². The molecule has 24 heavy (non-hydrogen) atoms. The fraction of sp³-hybridized carbons (Fsp3) is 0.294. The monoisotopic (exact) mass is 342 g/mol. The highest BCUT2D eigenvalue weighted by atomic mass is 32.1. The van der Waals surface area contributed by atoms with Gasteiger partial charge in [-0.3, -0.25) is 9.36 Å². The fourth-order valence-electron chi connectivity index (χ4n) is 2.64. The number of nitrogens with zero attached hydrogens (tertiary/aromatic N) is 3. The summed E-state index contributed by atoms with van der Waals surface area (Å²) in [5.74, 6) is -0.290. The van der Waals surface area contributed by atoms with Gasteiger partial charge in [0.15, 0.2) is 5.13 Å². The molecule has 0 saturated heterocycles. The Morgan fingerprint density at radius 1 is 1.21 bits per heavy atom. The summed E-state index contributed by atoms with van der Waals surface area (Å²) in [7, 11) is 0. The maximum Gasteiger partial charge on any atom is 0.348 e. The van der Waals surface area contributed by atoms with Crippen molar-refractivity contribution in [1.29, 1.82) is 0 Å². The zero-order valence-corrected chi connectivity index (χ0v) is 14.8. The van der Waals surface area contributed by atoms with Gasteiger partial charge in [0.2, 0.25) is 5.91 Å². The predicted molar refractivity (Wildman–Crippen MR) is 95.7 cm³/mol. The summed E-state index contributed by atoms with van der Waals surface area (Å²) in [5, 5.41) is 3.33. The second-order valence-electron chi connectivity index (χ2n) is 5.85. The molecule has 3 aromatic rings. The van der Waals surface area contributed by atoms with Crippen molar-refractivity contribution in [2.75, 3.05) is 5.32 Å². The molecule has 1 atom stereocenters. The lowest BCUT2D eigenvalue weighted by Gasteiger charge is -2.16. The van der Waals surface area contributed by atoms with E-state index in [-0.39, 0.29) is 5.91 Å². The summed E-state index contributed by atoms with van der Waals surface area (Å²) in [5.41, 5.74) is 2.91. The second kappa shape index (κ2) is 6.16. The highest BCUT2D eigenvalue weighted by Gasteiger charge is 2.20. The predicted octanol–water partition coefficient (Wildman–Crippen LogP) is 2.98. The van der Waals surface area contributed by atoms with Crippen LogP contribution in [0.2, 0.25) is 0 Å². The second-order valence-corrected chi connectivity index (χ2v) is 6.88. The average molecular weight is 342 g/mol. The molecule has 0 fully saturated rings. The molecule has 0 aliphatic rings. The summed E-state index contributed by atoms with van der Waals surface area (Å²) < 4.78 is 2.41. The van der Waals surface area contributed by atoms with E-state index in [9.17, 15) is 9.59 Å². The summed E-state index contributed by atoms with van der Waals surface area (Å²) in [4.78, 5) is 32.9. The van der Waals surface area contributed by atoms with E-state index in [0.717, 1.165) is 15.8 Å². The zero-order valence-electron chi connectivity index (χ0n) is 14.0. The number of anilines is 1. The third-order valence-corrected chi connectivity index (χ3v) is 4.75. The van der Waals surface area contributed by atoms with Crippen LogP contribution in [0.5, 0.6) is 0 Å². The Kier molecular flexibility index (Phi) is 4.19. The number of aryl methyl sites for hydroxylation is 3. The van der Waals surface area contributed by atoms with Gasteiger partial charge in [0.1, 0.15) is 6.04 Å². The SMILES string of the molecule is Cc1ccc2nc(NC(=O)C(C)n3c(C)cc(C)nc3=O)sc2c1. The molecule has 124 valence electrons. The van der Waals surface area contributed by atoms with Crippen LogP contribution in [0.15, 0.2) is 29.1 Å². The Balaban J connectivity index is 1.87. The first kappa shape index (κ1) is 16.3. The molecule has 1 amide bonds. The van der Waals surface area contributed by atoms with Gasteiger partial charge in [-0.25, -0.2) is 9.78 Å². The first-order valence-corrected chi connectivity index (χ1v) is 8.41. The number of carbonyl (C=O) groups is 1.